The maximum Gasteiger partial charge on any atom is 0.323 e. The number of rotatable bonds is 6. The lowest BCUT2D eigenvalue weighted by Gasteiger charge is -2.37. The van der Waals surface area contributed by atoms with Gasteiger partial charge in [-0.25, -0.2) is 9.18 Å². The molecule has 32 heavy (non-hydrogen) atoms. The van der Waals surface area contributed by atoms with Gasteiger partial charge in [0.05, 0.1) is 23.9 Å². The number of benzene rings is 2. The van der Waals surface area contributed by atoms with Crippen molar-refractivity contribution in [1.29, 1.82) is 0 Å². The predicted molar refractivity (Wildman–Crippen MR) is 121 cm³/mol. The SMILES string of the molecule is CNC[C@@H]1Oc2c(NC(=O)Nc3ccc(F)cc3)cccc2C(=O)N([C@H](C)CO)C[C@@H]1C. The molecule has 1 aliphatic heterocycles. The van der Waals surface area contributed by atoms with Gasteiger partial charge in [-0.1, -0.05) is 13.0 Å². The normalized spacial score (nSPS) is 19.3. The van der Waals surface area contributed by atoms with Gasteiger partial charge in [-0.15, -0.1) is 0 Å². The Balaban J connectivity index is 1.93. The molecule has 1 heterocycles. The number of carbonyl (C=O) groups is 2. The van der Waals surface area contributed by atoms with Crippen LogP contribution in [0, 0.1) is 11.7 Å². The van der Waals surface area contributed by atoms with E-state index in [0.29, 0.717) is 30.0 Å². The van der Waals surface area contributed by atoms with E-state index in [1.807, 2.05) is 14.0 Å². The van der Waals surface area contributed by atoms with Crippen LogP contribution in [0.1, 0.15) is 24.2 Å². The average molecular weight is 445 g/mol. The van der Waals surface area contributed by atoms with Crippen LogP contribution in [0.4, 0.5) is 20.6 Å². The number of nitrogens with one attached hydrogen (secondary N) is 3. The third-order valence-electron chi connectivity index (χ3n) is 5.45. The van der Waals surface area contributed by atoms with E-state index in [4.69, 9.17) is 4.74 Å². The van der Waals surface area contributed by atoms with Gasteiger partial charge in [0.1, 0.15) is 11.9 Å². The summed E-state index contributed by atoms with van der Waals surface area (Å²) in [7, 11) is 1.81. The Morgan fingerprint density at radius 3 is 2.62 bits per heavy atom. The highest BCUT2D eigenvalue weighted by Gasteiger charge is 2.33. The van der Waals surface area contributed by atoms with E-state index in [9.17, 15) is 19.1 Å². The number of likely N-dealkylation sites (N-methyl/N-ethyl adjacent to an activating group) is 1. The van der Waals surface area contributed by atoms with E-state index in [-0.39, 0.29) is 36.3 Å². The van der Waals surface area contributed by atoms with Gasteiger partial charge in [-0.2, -0.15) is 0 Å². The van der Waals surface area contributed by atoms with Crippen LogP contribution in [0.3, 0.4) is 0 Å². The first-order valence-electron chi connectivity index (χ1n) is 10.5. The van der Waals surface area contributed by atoms with E-state index in [1.54, 1.807) is 30.0 Å². The van der Waals surface area contributed by atoms with Crippen molar-refractivity contribution in [3.05, 3.63) is 53.8 Å². The number of hydrogen-bond acceptors (Lipinski definition) is 5. The zero-order chi connectivity index (χ0) is 23.3. The molecule has 0 saturated heterocycles. The highest BCUT2D eigenvalue weighted by Crippen LogP contribution is 2.34. The van der Waals surface area contributed by atoms with Crippen molar-refractivity contribution >= 4 is 23.3 Å². The van der Waals surface area contributed by atoms with Crippen LogP contribution >= 0.6 is 0 Å². The van der Waals surface area contributed by atoms with Crippen LogP contribution in [0.2, 0.25) is 0 Å². The first-order chi connectivity index (χ1) is 15.3. The number of anilines is 2. The number of hydrogen-bond donors (Lipinski definition) is 4. The van der Waals surface area contributed by atoms with Gasteiger partial charge >= 0.3 is 6.03 Å². The molecule has 0 bridgehead atoms. The Hall–Kier alpha value is -3.17. The molecule has 0 aliphatic carbocycles. The van der Waals surface area contributed by atoms with Crippen molar-refractivity contribution in [2.45, 2.75) is 26.0 Å². The van der Waals surface area contributed by atoms with Crippen molar-refractivity contribution in [2.24, 2.45) is 5.92 Å². The third kappa shape index (κ3) is 5.35. The smallest absolute Gasteiger partial charge is 0.323 e. The molecule has 3 atom stereocenters. The quantitative estimate of drug-likeness (QED) is 0.549. The summed E-state index contributed by atoms with van der Waals surface area (Å²) >= 11 is 0. The number of amides is 3. The summed E-state index contributed by atoms with van der Waals surface area (Å²) in [6.07, 6.45) is -0.275. The molecule has 8 nitrogen and oxygen atoms in total. The second-order valence-corrected chi connectivity index (χ2v) is 7.95. The molecule has 0 saturated carbocycles. The minimum absolute atomic E-state index is 0.0327. The minimum Gasteiger partial charge on any atom is -0.486 e. The molecule has 0 radical (unpaired) electrons. The van der Waals surface area contributed by atoms with Crippen LogP contribution in [0.5, 0.6) is 5.75 Å². The van der Waals surface area contributed by atoms with E-state index >= 15 is 0 Å². The number of aliphatic hydroxyl groups is 1. The number of fused-ring (bicyclic) bond motifs is 1. The summed E-state index contributed by atoms with van der Waals surface area (Å²) in [5, 5.41) is 18.1. The van der Waals surface area contributed by atoms with Gasteiger partial charge in [-0.05, 0) is 50.4 Å². The Bertz CT molecular complexity index is 954. The van der Waals surface area contributed by atoms with Gasteiger partial charge in [0.2, 0.25) is 0 Å². The lowest BCUT2D eigenvalue weighted by molar-refractivity contribution is 0.0417. The standard InChI is InChI=1S/C23H29FN4O4/c1-14-12-28(15(2)13-29)22(30)18-5-4-6-19(21(18)32-20(14)11-25-3)27-23(31)26-17-9-7-16(24)8-10-17/h4-10,14-15,20,25,29H,11-13H2,1-3H3,(H2,26,27,31)/t14-,15+,20-/m0/s1. The van der Waals surface area contributed by atoms with Crippen molar-refractivity contribution < 1.29 is 23.8 Å². The Morgan fingerprint density at radius 2 is 1.97 bits per heavy atom. The summed E-state index contributed by atoms with van der Waals surface area (Å²) in [4.78, 5) is 27.5. The molecular formula is C23H29FN4O4. The van der Waals surface area contributed by atoms with Crippen molar-refractivity contribution in [3.63, 3.8) is 0 Å². The summed E-state index contributed by atoms with van der Waals surface area (Å²) in [6.45, 7) is 4.57. The van der Waals surface area contributed by atoms with Crippen LogP contribution in [0.25, 0.3) is 0 Å². The number of carbonyl (C=O) groups excluding carboxylic acids is 2. The highest BCUT2D eigenvalue weighted by molar-refractivity contribution is 6.04. The van der Waals surface area contributed by atoms with Crippen LogP contribution < -0.4 is 20.7 Å². The van der Waals surface area contributed by atoms with Gasteiger partial charge < -0.3 is 30.7 Å². The second-order valence-electron chi connectivity index (χ2n) is 7.95. The van der Waals surface area contributed by atoms with Crippen LogP contribution in [0.15, 0.2) is 42.5 Å². The molecule has 0 fully saturated rings. The second kappa shape index (κ2) is 10.4. The zero-order valence-electron chi connectivity index (χ0n) is 18.4. The Kier molecular flexibility index (Phi) is 7.66. The zero-order valence-corrected chi connectivity index (χ0v) is 18.4. The number of halogens is 1. The van der Waals surface area contributed by atoms with E-state index in [2.05, 4.69) is 16.0 Å². The van der Waals surface area contributed by atoms with Crippen molar-refractivity contribution in [1.82, 2.24) is 10.2 Å². The largest absolute Gasteiger partial charge is 0.486 e. The molecule has 0 unspecified atom stereocenters. The number of urea groups is 1. The maximum atomic E-state index is 13.3. The fraction of sp³-hybridized carbons (Fsp3) is 0.391. The summed E-state index contributed by atoms with van der Waals surface area (Å²) in [5.74, 6) is -0.444. The molecule has 2 aromatic rings. The third-order valence-corrected chi connectivity index (χ3v) is 5.45. The van der Waals surface area contributed by atoms with E-state index in [0.717, 1.165) is 0 Å². The molecule has 1 aliphatic rings. The summed E-state index contributed by atoms with van der Waals surface area (Å²) in [5.41, 5.74) is 1.06. The first-order valence-corrected chi connectivity index (χ1v) is 10.5. The van der Waals surface area contributed by atoms with E-state index < -0.39 is 11.8 Å². The molecule has 4 N–H and O–H groups in total. The first kappa shape index (κ1) is 23.5. The molecule has 172 valence electrons. The van der Waals surface area contributed by atoms with Gasteiger partial charge in [0, 0.05) is 24.7 Å². The Morgan fingerprint density at radius 1 is 1.25 bits per heavy atom. The molecule has 2 aromatic carbocycles. The topological polar surface area (TPSA) is 103 Å². The number of ether oxygens (including phenoxy) is 1. The van der Waals surface area contributed by atoms with Gasteiger partial charge in [-0.3, -0.25) is 4.79 Å². The average Bonchev–Trinajstić information content (AvgIpc) is 2.77. The van der Waals surface area contributed by atoms with Crippen molar-refractivity contribution in [3.8, 4) is 5.75 Å². The molecular weight excluding hydrogens is 415 g/mol. The van der Waals surface area contributed by atoms with Crippen LogP contribution in [-0.4, -0.2) is 60.8 Å². The van der Waals surface area contributed by atoms with E-state index in [1.165, 1.54) is 24.3 Å². The van der Waals surface area contributed by atoms with Gasteiger partial charge in [0.25, 0.3) is 5.91 Å². The molecule has 0 spiro atoms. The number of aliphatic hydroxyl groups excluding tert-OH is 1. The lowest BCUT2D eigenvalue weighted by atomic mass is 9.99. The molecule has 0 aromatic heterocycles. The Labute approximate surface area is 186 Å². The number of nitrogens with zero attached hydrogens (tertiary/aromatic N) is 1. The van der Waals surface area contributed by atoms with Gasteiger partial charge in [0.15, 0.2) is 5.75 Å². The maximum absolute atomic E-state index is 13.3. The molecule has 9 heteroatoms. The minimum atomic E-state index is -0.554. The summed E-state index contributed by atoms with van der Waals surface area (Å²) in [6, 6.07) is 9.42. The predicted octanol–water partition coefficient (Wildman–Crippen LogP) is 2.91. The highest BCUT2D eigenvalue weighted by atomic mass is 19.1. The molecule has 3 amide bonds. The van der Waals surface area contributed by atoms with Crippen molar-refractivity contribution in [2.75, 3.05) is 37.4 Å². The monoisotopic (exact) mass is 444 g/mol. The van der Waals surface area contributed by atoms with Crippen LogP contribution in [-0.2, 0) is 0 Å². The molecule has 3 rings (SSSR count). The fourth-order valence-electron chi connectivity index (χ4n) is 3.60. The summed E-state index contributed by atoms with van der Waals surface area (Å²) < 4.78 is 19.4. The number of para-hydroxylation sites is 1. The lowest BCUT2D eigenvalue weighted by Crippen LogP contribution is -2.49. The fourth-order valence-corrected chi connectivity index (χ4v) is 3.60.